The number of hydrogen-bond donors (Lipinski definition) is 2. The van der Waals surface area contributed by atoms with Crippen molar-refractivity contribution in [1.29, 1.82) is 5.26 Å². The maximum absolute atomic E-state index is 13.8. The number of benzene rings is 1. The molecule has 6 heteroatoms. The minimum Gasteiger partial charge on any atom is -0.384 e. The minimum atomic E-state index is -0.649. The molecular formula is C14H10F2N4. The normalized spacial score (nSPS) is 17.1. The number of anilines is 1. The summed E-state index contributed by atoms with van der Waals surface area (Å²) in [6.07, 6.45) is 3.33. The predicted octanol–water partition coefficient (Wildman–Crippen LogP) is 1.85. The van der Waals surface area contributed by atoms with Crippen LogP contribution in [0, 0.1) is 23.0 Å². The van der Waals surface area contributed by atoms with E-state index in [0.29, 0.717) is 17.7 Å². The van der Waals surface area contributed by atoms with Gasteiger partial charge in [0.25, 0.3) is 0 Å². The first-order valence-electron chi connectivity index (χ1n) is 5.90. The van der Waals surface area contributed by atoms with E-state index >= 15 is 0 Å². The maximum atomic E-state index is 13.8. The zero-order chi connectivity index (χ0) is 14.3. The highest BCUT2D eigenvalue weighted by molar-refractivity contribution is 5.67. The molecular weight excluding hydrogens is 262 g/mol. The largest absolute Gasteiger partial charge is 0.384 e. The summed E-state index contributed by atoms with van der Waals surface area (Å²) in [4.78, 5) is 1.62. The summed E-state index contributed by atoms with van der Waals surface area (Å²) in [5.74, 6) is -1.01. The zero-order valence-electron chi connectivity index (χ0n) is 10.3. The van der Waals surface area contributed by atoms with Gasteiger partial charge in [0.1, 0.15) is 29.1 Å². The molecule has 2 aliphatic heterocycles. The molecule has 0 saturated heterocycles. The molecule has 1 aromatic rings. The molecule has 0 aliphatic carbocycles. The van der Waals surface area contributed by atoms with Gasteiger partial charge >= 0.3 is 0 Å². The lowest BCUT2D eigenvalue weighted by molar-refractivity contribution is 0.583. The first-order valence-corrected chi connectivity index (χ1v) is 5.90. The monoisotopic (exact) mass is 272 g/mol. The highest BCUT2D eigenvalue weighted by atomic mass is 19.1. The van der Waals surface area contributed by atoms with E-state index in [1.54, 1.807) is 17.3 Å². The van der Waals surface area contributed by atoms with E-state index in [1.807, 2.05) is 6.07 Å². The van der Waals surface area contributed by atoms with Crippen molar-refractivity contribution in [3.63, 3.8) is 0 Å². The summed E-state index contributed by atoms with van der Waals surface area (Å²) in [5.41, 5.74) is 7.77. The number of nitrogens with two attached hydrogens (primary N) is 1. The van der Waals surface area contributed by atoms with Crippen molar-refractivity contribution in [1.82, 2.24) is 5.32 Å². The Kier molecular flexibility index (Phi) is 2.68. The molecule has 3 rings (SSSR count). The second kappa shape index (κ2) is 4.38. The fourth-order valence-electron chi connectivity index (χ4n) is 2.27. The van der Waals surface area contributed by atoms with Crippen LogP contribution in [0.15, 0.2) is 53.1 Å². The summed E-state index contributed by atoms with van der Waals surface area (Å²) in [7, 11) is 0. The third-order valence-corrected chi connectivity index (χ3v) is 3.24. The number of nitrogens with zero attached hydrogens (tertiary/aromatic N) is 2. The third-order valence-electron chi connectivity index (χ3n) is 3.24. The van der Waals surface area contributed by atoms with Crippen LogP contribution in [-0.4, -0.2) is 6.54 Å². The summed E-state index contributed by atoms with van der Waals surface area (Å²) in [6.45, 7) is 0.392. The number of hydrogen-bond acceptors (Lipinski definition) is 4. The molecule has 0 bridgehead atoms. The molecule has 0 aromatic heterocycles. The summed E-state index contributed by atoms with van der Waals surface area (Å²) in [6, 6.07) is 5.42. The van der Waals surface area contributed by atoms with E-state index < -0.39 is 11.6 Å². The fraction of sp³-hybridized carbons (Fsp3) is 0.0714. The lowest BCUT2D eigenvalue weighted by atomic mass is 10.0. The Balaban J connectivity index is 2.02. The molecule has 0 saturated carbocycles. The highest BCUT2D eigenvalue weighted by Gasteiger charge is 2.27. The quantitative estimate of drug-likeness (QED) is 0.819. The molecule has 0 radical (unpaired) electrons. The Morgan fingerprint density at radius 3 is 2.85 bits per heavy atom. The van der Waals surface area contributed by atoms with Gasteiger partial charge in [-0.1, -0.05) is 0 Å². The number of allylic oxidation sites excluding steroid dienone is 1. The van der Waals surface area contributed by atoms with Crippen molar-refractivity contribution in [2.45, 2.75) is 0 Å². The predicted molar refractivity (Wildman–Crippen MR) is 69.8 cm³/mol. The van der Waals surface area contributed by atoms with Gasteiger partial charge in [0.15, 0.2) is 0 Å². The van der Waals surface area contributed by atoms with E-state index in [-0.39, 0.29) is 11.5 Å². The molecule has 0 amide bonds. The Bertz CT molecular complexity index is 725. The van der Waals surface area contributed by atoms with Gasteiger partial charge in [-0.05, 0) is 17.7 Å². The van der Waals surface area contributed by atoms with Gasteiger partial charge in [-0.2, -0.15) is 5.26 Å². The van der Waals surface area contributed by atoms with Crippen LogP contribution in [-0.2, 0) is 0 Å². The van der Waals surface area contributed by atoms with Crippen LogP contribution in [0.3, 0.4) is 0 Å². The first-order chi connectivity index (χ1) is 9.60. The topological polar surface area (TPSA) is 65.1 Å². The van der Waals surface area contributed by atoms with Crippen molar-refractivity contribution in [3.05, 3.63) is 64.8 Å². The number of halogens is 2. The second-order valence-electron chi connectivity index (χ2n) is 4.48. The zero-order valence-corrected chi connectivity index (χ0v) is 10.3. The summed E-state index contributed by atoms with van der Waals surface area (Å²) >= 11 is 0. The van der Waals surface area contributed by atoms with Gasteiger partial charge in [0, 0.05) is 30.6 Å². The standard InChI is InChI=1S/C14H10F2N4/c15-9-1-2-13(12(16)3-9)20-6-8-5-19-14(18)10(4-17)11(8)7-20/h1-3,5,7,19H,6,18H2. The van der Waals surface area contributed by atoms with Crippen molar-refractivity contribution in [2.24, 2.45) is 5.73 Å². The Labute approximate surface area is 114 Å². The molecule has 3 N–H and O–H groups in total. The van der Waals surface area contributed by atoms with E-state index in [4.69, 9.17) is 11.0 Å². The lowest BCUT2D eigenvalue weighted by Crippen LogP contribution is -2.23. The molecule has 4 nitrogen and oxygen atoms in total. The Morgan fingerprint density at radius 2 is 2.15 bits per heavy atom. The molecule has 2 heterocycles. The van der Waals surface area contributed by atoms with Crippen molar-refractivity contribution < 1.29 is 8.78 Å². The highest BCUT2D eigenvalue weighted by Crippen LogP contribution is 2.33. The van der Waals surface area contributed by atoms with Gasteiger partial charge in [-0.3, -0.25) is 0 Å². The van der Waals surface area contributed by atoms with E-state index in [2.05, 4.69) is 5.32 Å². The third kappa shape index (κ3) is 1.80. The van der Waals surface area contributed by atoms with Crippen molar-refractivity contribution in [2.75, 3.05) is 11.4 Å². The Hall–Kier alpha value is -2.81. The maximum Gasteiger partial charge on any atom is 0.149 e. The van der Waals surface area contributed by atoms with Crippen LogP contribution in [0.5, 0.6) is 0 Å². The average Bonchev–Trinajstić information content (AvgIpc) is 2.82. The van der Waals surface area contributed by atoms with Gasteiger partial charge in [-0.25, -0.2) is 8.78 Å². The van der Waals surface area contributed by atoms with Gasteiger partial charge in [0.05, 0.1) is 5.69 Å². The Morgan fingerprint density at radius 1 is 1.35 bits per heavy atom. The van der Waals surface area contributed by atoms with Gasteiger partial charge in [-0.15, -0.1) is 0 Å². The average molecular weight is 272 g/mol. The summed E-state index contributed by atoms with van der Waals surface area (Å²) in [5, 5.41) is 11.9. The molecule has 1 aromatic carbocycles. The lowest BCUT2D eigenvalue weighted by Gasteiger charge is -2.17. The van der Waals surface area contributed by atoms with E-state index in [9.17, 15) is 8.78 Å². The van der Waals surface area contributed by atoms with Crippen molar-refractivity contribution in [3.8, 4) is 6.07 Å². The molecule has 0 fully saturated rings. The second-order valence-corrected chi connectivity index (χ2v) is 4.48. The van der Waals surface area contributed by atoms with Crippen LogP contribution in [0.1, 0.15) is 0 Å². The van der Waals surface area contributed by atoms with Crippen LogP contribution in [0.25, 0.3) is 0 Å². The van der Waals surface area contributed by atoms with Crippen LogP contribution >= 0.6 is 0 Å². The molecule has 100 valence electrons. The van der Waals surface area contributed by atoms with Crippen LogP contribution < -0.4 is 16.0 Å². The smallest absolute Gasteiger partial charge is 0.149 e. The number of nitriles is 1. The molecule has 2 aliphatic rings. The van der Waals surface area contributed by atoms with Gasteiger partial charge in [0.2, 0.25) is 0 Å². The van der Waals surface area contributed by atoms with Crippen LogP contribution in [0.2, 0.25) is 0 Å². The number of nitrogens with one attached hydrogen (secondary N) is 1. The molecule has 0 spiro atoms. The summed E-state index contributed by atoms with van der Waals surface area (Å²) < 4.78 is 26.7. The molecule has 0 unspecified atom stereocenters. The van der Waals surface area contributed by atoms with E-state index in [0.717, 1.165) is 11.6 Å². The van der Waals surface area contributed by atoms with E-state index in [1.165, 1.54) is 12.1 Å². The number of fused-ring (bicyclic) bond motifs is 1. The van der Waals surface area contributed by atoms with Crippen LogP contribution in [0.4, 0.5) is 14.5 Å². The minimum absolute atomic E-state index is 0.255. The number of dihydropyridines is 1. The molecule has 0 atom stereocenters. The molecule has 20 heavy (non-hydrogen) atoms. The fourth-order valence-corrected chi connectivity index (χ4v) is 2.27. The number of rotatable bonds is 1. The van der Waals surface area contributed by atoms with Gasteiger partial charge < -0.3 is 16.0 Å². The first kappa shape index (κ1) is 12.2. The van der Waals surface area contributed by atoms with Crippen molar-refractivity contribution >= 4 is 5.69 Å². The SMILES string of the molecule is N#CC1=C(N)NC=C2CN(c3ccc(F)cc3F)C=C21.